The first kappa shape index (κ1) is 17.1. The largest absolute Gasteiger partial charge is 0.369 e. The molecule has 0 aliphatic carbocycles. The van der Waals surface area contributed by atoms with Crippen LogP contribution in [0.2, 0.25) is 0 Å². The number of aromatic nitrogens is 1. The van der Waals surface area contributed by atoms with Gasteiger partial charge in [-0.05, 0) is 24.5 Å². The summed E-state index contributed by atoms with van der Waals surface area (Å²) in [5, 5.41) is 8.82. The summed E-state index contributed by atoms with van der Waals surface area (Å²) >= 11 is 0. The number of carbonyl (C=O) groups is 2. The van der Waals surface area contributed by atoms with E-state index < -0.39 is 23.8 Å². The average molecular weight is 295 g/mol. The molecule has 0 saturated heterocycles. The lowest BCUT2D eigenvalue weighted by atomic mass is 9.91. The van der Waals surface area contributed by atoms with E-state index in [0.29, 0.717) is 12.1 Å². The standard InChI is InChI=1S/C14H21N3O4/c1-9(2)7-11(13(15)18)12(14(19)17-20)21-8-10-5-3-4-6-16-10/h3-6,9,11-12,20H,7-8H2,1-2H3,(H2,15,18)(H,17,19)/t11-,12+/m1/s1. The fraction of sp³-hybridized carbons (Fsp3) is 0.500. The zero-order valence-electron chi connectivity index (χ0n) is 12.2. The number of hydroxylamine groups is 1. The van der Waals surface area contributed by atoms with Gasteiger partial charge in [-0.1, -0.05) is 19.9 Å². The van der Waals surface area contributed by atoms with Crippen molar-refractivity contribution >= 4 is 11.8 Å². The van der Waals surface area contributed by atoms with Gasteiger partial charge in [0.25, 0.3) is 5.91 Å². The Labute approximate surface area is 123 Å². The molecule has 116 valence electrons. The molecule has 2 amide bonds. The minimum Gasteiger partial charge on any atom is -0.369 e. The maximum atomic E-state index is 11.7. The summed E-state index contributed by atoms with van der Waals surface area (Å²) < 4.78 is 5.47. The van der Waals surface area contributed by atoms with Crippen molar-refractivity contribution in [3.8, 4) is 0 Å². The van der Waals surface area contributed by atoms with E-state index in [1.165, 1.54) is 5.48 Å². The van der Waals surface area contributed by atoms with Gasteiger partial charge in [-0.2, -0.15) is 0 Å². The monoisotopic (exact) mass is 295 g/mol. The third-order valence-corrected chi connectivity index (χ3v) is 2.96. The molecule has 1 aromatic heterocycles. The number of amides is 2. The van der Waals surface area contributed by atoms with Crippen molar-refractivity contribution < 1.29 is 19.5 Å². The van der Waals surface area contributed by atoms with E-state index in [1.807, 2.05) is 13.8 Å². The lowest BCUT2D eigenvalue weighted by molar-refractivity contribution is -0.151. The van der Waals surface area contributed by atoms with Gasteiger partial charge in [-0.25, -0.2) is 5.48 Å². The molecule has 2 atom stereocenters. The van der Waals surface area contributed by atoms with E-state index in [9.17, 15) is 9.59 Å². The fourth-order valence-electron chi connectivity index (χ4n) is 1.99. The Hall–Kier alpha value is -1.99. The first-order valence-corrected chi connectivity index (χ1v) is 6.70. The van der Waals surface area contributed by atoms with Gasteiger partial charge in [0.15, 0.2) is 6.10 Å². The van der Waals surface area contributed by atoms with Gasteiger partial charge in [-0.15, -0.1) is 0 Å². The van der Waals surface area contributed by atoms with Crippen LogP contribution in [0.4, 0.5) is 0 Å². The van der Waals surface area contributed by atoms with Crippen LogP contribution in [0.5, 0.6) is 0 Å². The number of carbonyl (C=O) groups excluding carboxylic acids is 2. The highest BCUT2D eigenvalue weighted by Crippen LogP contribution is 2.19. The molecule has 0 spiro atoms. The normalized spacial score (nSPS) is 13.7. The van der Waals surface area contributed by atoms with E-state index in [0.717, 1.165) is 0 Å². The van der Waals surface area contributed by atoms with Gasteiger partial charge in [0.1, 0.15) is 0 Å². The number of primary amides is 1. The van der Waals surface area contributed by atoms with E-state index in [2.05, 4.69) is 4.98 Å². The molecular formula is C14H21N3O4. The minimum absolute atomic E-state index is 0.0425. The number of nitrogens with two attached hydrogens (primary N) is 1. The Morgan fingerprint density at radius 3 is 2.62 bits per heavy atom. The van der Waals surface area contributed by atoms with Crippen molar-refractivity contribution in [3.05, 3.63) is 30.1 Å². The maximum Gasteiger partial charge on any atom is 0.273 e. The van der Waals surface area contributed by atoms with Crippen LogP contribution in [-0.2, 0) is 20.9 Å². The molecule has 1 heterocycles. The molecule has 4 N–H and O–H groups in total. The van der Waals surface area contributed by atoms with E-state index in [4.69, 9.17) is 15.7 Å². The second-order valence-electron chi connectivity index (χ2n) is 5.17. The highest BCUT2D eigenvalue weighted by atomic mass is 16.5. The van der Waals surface area contributed by atoms with Crippen LogP contribution < -0.4 is 11.2 Å². The second kappa shape index (κ2) is 8.33. The molecule has 0 unspecified atom stereocenters. The number of nitrogens with one attached hydrogen (secondary N) is 1. The Morgan fingerprint density at radius 2 is 2.14 bits per heavy atom. The van der Waals surface area contributed by atoms with Gasteiger partial charge in [0, 0.05) is 6.20 Å². The number of hydrogen-bond donors (Lipinski definition) is 3. The van der Waals surface area contributed by atoms with Crippen molar-refractivity contribution in [1.29, 1.82) is 0 Å². The summed E-state index contributed by atoms with van der Waals surface area (Å²) in [5.41, 5.74) is 7.48. The lowest BCUT2D eigenvalue weighted by Crippen LogP contribution is -2.45. The van der Waals surface area contributed by atoms with Crippen LogP contribution in [0, 0.1) is 11.8 Å². The van der Waals surface area contributed by atoms with Crippen molar-refractivity contribution in [2.75, 3.05) is 0 Å². The van der Waals surface area contributed by atoms with Crippen molar-refractivity contribution in [2.24, 2.45) is 17.6 Å². The number of hydrogen-bond acceptors (Lipinski definition) is 5. The Balaban J connectivity index is 2.83. The first-order chi connectivity index (χ1) is 9.95. The van der Waals surface area contributed by atoms with Gasteiger partial charge >= 0.3 is 0 Å². The van der Waals surface area contributed by atoms with E-state index in [-0.39, 0.29) is 12.5 Å². The number of pyridine rings is 1. The summed E-state index contributed by atoms with van der Waals surface area (Å²) in [4.78, 5) is 27.4. The summed E-state index contributed by atoms with van der Waals surface area (Å²) in [6, 6.07) is 5.27. The molecule has 1 rings (SSSR count). The summed E-state index contributed by atoms with van der Waals surface area (Å²) in [6.07, 6.45) is 0.826. The van der Waals surface area contributed by atoms with Crippen molar-refractivity contribution in [1.82, 2.24) is 10.5 Å². The molecule has 0 aliphatic rings. The van der Waals surface area contributed by atoms with Crippen LogP contribution in [-0.4, -0.2) is 28.1 Å². The quantitative estimate of drug-likeness (QED) is 0.480. The molecule has 0 saturated carbocycles. The molecule has 0 aliphatic heterocycles. The van der Waals surface area contributed by atoms with Gasteiger partial charge in [0.2, 0.25) is 5.91 Å². The van der Waals surface area contributed by atoms with Crippen LogP contribution in [0.15, 0.2) is 24.4 Å². The molecule has 0 radical (unpaired) electrons. The van der Waals surface area contributed by atoms with Crippen molar-refractivity contribution in [3.63, 3.8) is 0 Å². The third-order valence-electron chi connectivity index (χ3n) is 2.96. The molecule has 0 aromatic carbocycles. The Kier molecular flexibility index (Phi) is 6.77. The number of rotatable bonds is 8. The maximum absolute atomic E-state index is 11.7. The first-order valence-electron chi connectivity index (χ1n) is 6.70. The van der Waals surface area contributed by atoms with Crippen LogP contribution in [0.1, 0.15) is 26.0 Å². The Bertz CT molecular complexity index is 465. The van der Waals surface area contributed by atoms with Gasteiger partial charge in [0.05, 0.1) is 18.2 Å². The van der Waals surface area contributed by atoms with Crippen molar-refractivity contribution in [2.45, 2.75) is 33.0 Å². The Morgan fingerprint density at radius 1 is 1.43 bits per heavy atom. The molecule has 0 fully saturated rings. The van der Waals surface area contributed by atoms with Crippen LogP contribution in [0.3, 0.4) is 0 Å². The molecule has 7 nitrogen and oxygen atoms in total. The van der Waals surface area contributed by atoms with E-state index >= 15 is 0 Å². The number of nitrogens with zero attached hydrogens (tertiary/aromatic N) is 1. The predicted octanol–water partition coefficient (Wildman–Crippen LogP) is 0.620. The lowest BCUT2D eigenvalue weighted by Gasteiger charge is -2.24. The summed E-state index contributed by atoms with van der Waals surface area (Å²) in [5.74, 6) is -2.11. The minimum atomic E-state index is -1.16. The molecule has 1 aromatic rings. The molecular weight excluding hydrogens is 274 g/mol. The SMILES string of the molecule is CC(C)C[C@@H](C(N)=O)[C@H](OCc1ccccn1)C(=O)NO. The number of ether oxygens (including phenoxy) is 1. The second-order valence-corrected chi connectivity index (χ2v) is 5.17. The third kappa shape index (κ3) is 5.49. The highest BCUT2D eigenvalue weighted by Gasteiger charge is 2.34. The predicted molar refractivity (Wildman–Crippen MR) is 74.9 cm³/mol. The summed E-state index contributed by atoms with van der Waals surface area (Å²) in [7, 11) is 0. The zero-order valence-corrected chi connectivity index (χ0v) is 12.2. The zero-order chi connectivity index (χ0) is 15.8. The van der Waals surface area contributed by atoms with Crippen LogP contribution >= 0.6 is 0 Å². The van der Waals surface area contributed by atoms with E-state index in [1.54, 1.807) is 24.4 Å². The van der Waals surface area contributed by atoms with Gasteiger partial charge in [-0.3, -0.25) is 19.8 Å². The molecule has 7 heteroatoms. The fourth-order valence-corrected chi connectivity index (χ4v) is 1.99. The molecule has 0 bridgehead atoms. The van der Waals surface area contributed by atoms with Gasteiger partial charge < -0.3 is 10.5 Å². The average Bonchev–Trinajstić information content (AvgIpc) is 2.46. The smallest absolute Gasteiger partial charge is 0.273 e. The highest BCUT2D eigenvalue weighted by molar-refractivity contribution is 5.88. The molecule has 21 heavy (non-hydrogen) atoms. The summed E-state index contributed by atoms with van der Waals surface area (Å²) in [6.45, 7) is 3.85. The topological polar surface area (TPSA) is 115 Å². The van der Waals surface area contributed by atoms with Crippen LogP contribution in [0.25, 0.3) is 0 Å².